The zero-order valence-electron chi connectivity index (χ0n) is 8.00. The molecular weight excluding hydrogens is 181 g/mol. The number of hydrogen-bond acceptors (Lipinski definition) is 2. The van der Waals surface area contributed by atoms with Crippen LogP contribution in [0.5, 0.6) is 0 Å². The zero-order valence-corrected chi connectivity index (χ0v) is 8.00. The summed E-state index contributed by atoms with van der Waals surface area (Å²) in [6.45, 7) is 3.07. The highest BCUT2D eigenvalue weighted by Crippen LogP contribution is 2.18. The van der Waals surface area contributed by atoms with Crippen LogP contribution < -0.4 is 5.73 Å². The van der Waals surface area contributed by atoms with Crippen LogP contribution in [0.3, 0.4) is 0 Å². The number of nitrogens with two attached hydrogens (primary N) is 1. The van der Waals surface area contributed by atoms with Crippen molar-refractivity contribution in [1.29, 1.82) is 0 Å². The Morgan fingerprint density at radius 2 is 2.29 bits per heavy atom. The van der Waals surface area contributed by atoms with E-state index >= 15 is 0 Å². The van der Waals surface area contributed by atoms with Crippen molar-refractivity contribution in [3.63, 3.8) is 0 Å². The molecule has 0 saturated heterocycles. The van der Waals surface area contributed by atoms with Gasteiger partial charge in [0.25, 0.3) is 0 Å². The number of rotatable bonds is 2. The van der Waals surface area contributed by atoms with E-state index in [1.807, 2.05) is 11.6 Å². The van der Waals surface area contributed by atoms with Gasteiger partial charge in [-0.2, -0.15) is 5.10 Å². The lowest BCUT2D eigenvalue weighted by molar-refractivity contribution is 0.627. The number of hydrogen-bond donors (Lipinski definition) is 1. The van der Waals surface area contributed by atoms with Gasteiger partial charge in [-0.05, 0) is 25.1 Å². The molecule has 4 heteroatoms. The van der Waals surface area contributed by atoms with Gasteiger partial charge >= 0.3 is 0 Å². The van der Waals surface area contributed by atoms with E-state index in [0.29, 0.717) is 13.1 Å². The highest BCUT2D eigenvalue weighted by Gasteiger charge is 2.06. The second-order valence-electron chi connectivity index (χ2n) is 3.26. The molecule has 0 unspecified atom stereocenters. The summed E-state index contributed by atoms with van der Waals surface area (Å²) in [4.78, 5) is 0. The van der Waals surface area contributed by atoms with Gasteiger partial charge in [-0.25, -0.2) is 4.39 Å². The second-order valence-corrected chi connectivity index (χ2v) is 3.26. The molecule has 0 aliphatic carbocycles. The lowest BCUT2D eigenvalue weighted by Gasteiger charge is -1.99. The van der Waals surface area contributed by atoms with Crippen LogP contribution in [0.15, 0.2) is 18.2 Å². The molecule has 0 atom stereocenters. The van der Waals surface area contributed by atoms with Crippen molar-refractivity contribution in [2.75, 3.05) is 6.54 Å². The Balaban J connectivity index is 2.65. The summed E-state index contributed by atoms with van der Waals surface area (Å²) in [7, 11) is 0. The summed E-state index contributed by atoms with van der Waals surface area (Å²) >= 11 is 0. The number of aromatic nitrogens is 2. The van der Waals surface area contributed by atoms with E-state index in [1.54, 1.807) is 6.07 Å². The number of benzene rings is 1. The van der Waals surface area contributed by atoms with Gasteiger partial charge in [0.1, 0.15) is 5.82 Å². The first kappa shape index (κ1) is 9.15. The maximum atomic E-state index is 12.9. The molecule has 0 aliphatic heterocycles. The van der Waals surface area contributed by atoms with Crippen LogP contribution in [0.25, 0.3) is 10.9 Å². The number of aryl methyl sites for hydroxylation is 1. The van der Waals surface area contributed by atoms with Crippen LogP contribution in [0.2, 0.25) is 0 Å². The smallest absolute Gasteiger partial charge is 0.124 e. The van der Waals surface area contributed by atoms with E-state index in [-0.39, 0.29) is 5.82 Å². The fraction of sp³-hybridized carbons (Fsp3) is 0.300. The first-order chi connectivity index (χ1) is 6.72. The van der Waals surface area contributed by atoms with Gasteiger partial charge in [-0.3, -0.25) is 4.68 Å². The Hall–Kier alpha value is -1.42. The minimum absolute atomic E-state index is 0.229. The fourth-order valence-electron chi connectivity index (χ4n) is 1.60. The quantitative estimate of drug-likeness (QED) is 0.784. The molecule has 0 fully saturated rings. The summed E-state index contributed by atoms with van der Waals surface area (Å²) in [5.41, 5.74) is 7.24. The maximum Gasteiger partial charge on any atom is 0.124 e. The van der Waals surface area contributed by atoms with Crippen molar-refractivity contribution >= 4 is 10.9 Å². The molecule has 1 aromatic carbocycles. The Morgan fingerprint density at radius 3 is 3.00 bits per heavy atom. The fourth-order valence-corrected chi connectivity index (χ4v) is 1.60. The molecule has 74 valence electrons. The highest BCUT2D eigenvalue weighted by atomic mass is 19.1. The lowest BCUT2D eigenvalue weighted by Crippen LogP contribution is -2.10. The van der Waals surface area contributed by atoms with Gasteiger partial charge in [0.2, 0.25) is 0 Å². The Morgan fingerprint density at radius 1 is 1.50 bits per heavy atom. The van der Waals surface area contributed by atoms with Crippen molar-refractivity contribution in [3.8, 4) is 0 Å². The lowest BCUT2D eigenvalue weighted by atomic mass is 10.2. The van der Waals surface area contributed by atoms with Gasteiger partial charge in [0, 0.05) is 11.9 Å². The number of halogens is 1. The molecular formula is C10H12FN3. The summed E-state index contributed by atoms with van der Waals surface area (Å²) in [6.07, 6.45) is 0. The van der Waals surface area contributed by atoms with Crippen LogP contribution in [-0.4, -0.2) is 16.3 Å². The largest absolute Gasteiger partial charge is 0.329 e. The average molecular weight is 193 g/mol. The third-order valence-corrected chi connectivity index (χ3v) is 2.24. The highest BCUT2D eigenvalue weighted by molar-refractivity contribution is 5.81. The molecule has 0 bridgehead atoms. The monoisotopic (exact) mass is 193 g/mol. The minimum Gasteiger partial charge on any atom is -0.329 e. The normalized spacial score (nSPS) is 11.1. The van der Waals surface area contributed by atoms with Crippen LogP contribution in [-0.2, 0) is 6.54 Å². The van der Waals surface area contributed by atoms with E-state index in [1.165, 1.54) is 12.1 Å². The van der Waals surface area contributed by atoms with E-state index in [4.69, 9.17) is 5.73 Å². The molecule has 1 aromatic heterocycles. The van der Waals surface area contributed by atoms with Crippen molar-refractivity contribution in [2.45, 2.75) is 13.5 Å². The summed E-state index contributed by atoms with van der Waals surface area (Å²) in [6, 6.07) is 4.68. The van der Waals surface area contributed by atoms with Crippen molar-refractivity contribution in [2.24, 2.45) is 5.73 Å². The van der Waals surface area contributed by atoms with Crippen molar-refractivity contribution in [3.05, 3.63) is 29.7 Å². The molecule has 2 aromatic rings. The molecule has 0 amide bonds. The van der Waals surface area contributed by atoms with Crippen LogP contribution in [0.1, 0.15) is 5.69 Å². The Kier molecular flexibility index (Phi) is 2.21. The molecule has 2 rings (SSSR count). The second kappa shape index (κ2) is 3.38. The summed E-state index contributed by atoms with van der Waals surface area (Å²) in [5, 5.41) is 5.15. The van der Waals surface area contributed by atoms with E-state index < -0.39 is 0 Å². The molecule has 0 aliphatic rings. The standard InChI is InChI=1S/C10H12FN3/c1-7-9-6-8(11)2-3-10(9)14(13-7)5-4-12/h2-3,6H,4-5,12H2,1H3. The van der Waals surface area contributed by atoms with Crippen LogP contribution >= 0.6 is 0 Å². The maximum absolute atomic E-state index is 12.9. The third kappa shape index (κ3) is 1.37. The van der Waals surface area contributed by atoms with Gasteiger partial charge in [0.15, 0.2) is 0 Å². The van der Waals surface area contributed by atoms with E-state index in [9.17, 15) is 4.39 Å². The third-order valence-electron chi connectivity index (χ3n) is 2.24. The zero-order chi connectivity index (χ0) is 10.1. The van der Waals surface area contributed by atoms with Crippen molar-refractivity contribution < 1.29 is 4.39 Å². The topological polar surface area (TPSA) is 43.8 Å². The van der Waals surface area contributed by atoms with Gasteiger partial charge in [-0.1, -0.05) is 0 Å². The Bertz CT molecular complexity index is 462. The first-order valence-corrected chi connectivity index (χ1v) is 4.55. The van der Waals surface area contributed by atoms with Gasteiger partial charge in [-0.15, -0.1) is 0 Å². The molecule has 0 saturated carbocycles. The predicted molar refractivity (Wildman–Crippen MR) is 53.5 cm³/mol. The molecule has 3 nitrogen and oxygen atoms in total. The SMILES string of the molecule is Cc1nn(CCN)c2ccc(F)cc12. The molecule has 14 heavy (non-hydrogen) atoms. The van der Waals surface area contributed by atoms with Crippen LogP contribution in [0, 0.1) is 12.7 Å². The minimum atomic E-state index is -0.229. The number of nitrogens with zero attached hydrogens (tertiary/aromatic N) is 2. The first-order valence-electron chi connectivity index (χ1n) is 4.55. The number of fused-ring (bicyclic) bond motifs is 1. The van der Waals surface area contributed by atoms with Gasteiger partial charge in [0.05, 0.1) is 17.8 Å². The summed E-state index contributed by atoms with van der Waals surface area (Å²) < 4.78 is 14.8. The summed E-state index contributed by atoms with van der Waals surface area (Å²) in [5.74, 6) is -0.229. The molecule has 1 heterocycles. The van der Waals surface area contributed by atoms with E-state index in [2.05, 4.69) is 5.10 Å². The van der Waals surface area contributed by atoms with Crippen molar-refractivity contribution in [1.82, 2.24) is 9.78 Å². The Labute approximate surface area is 81.3 Å². The molecule has 2 N–H and O–H groups in total. The molecule has 0 spiro atoms. The van der Waals surface area contributed by atoms with Gasteiger partial charge < -0.3 is 5.73 Å². The average Bonchev–Trinajstić information content (AvgIpc) is 2.44. The van der Waals surface area contributed by atoms with Crippen LogP contribution in [0.4, 0.5) is 4.39 Å². The predicted octanol–water partition coefficient (Wildman–Crippen LogP) is 1.44. The van der Waals surface area contributed by atoms with E-state index in [0.717, 1.165) is 16.6 Å². The molecule has 0 radical (unpaired) electrons.